The maximum atomic E-state index is 14.1. The molecule has 11 nitrogen and oxygen atoms in total. The molecule has 5 rings (SSSR count). The summed E-state index contributed by atoms with van der Waals surface area (Å²) in [5.41, 5.74) is 1.52. The van der Waals surface area contributed by atoms with Crippen molar-refractivity contribution in [2.75, 3.05) is 60.0 Å². The van der Waals surface area contributed by atoms with E-state index in [-0.39, 0.29) is 52.7 Å². The number of ether oxygens (including phenoxy) is 2. The first-order valence-electron chi connectivity index (χ1n) is 15.2. The maximum Gasteiger partial charge on any atom is 0.418 e. The molecule has 1 aromatic heterocycles. The largest absolute Gasteiger partial charge is 0.496 e. The molecule has 2 aliphatic rings. The summed E-state index contributed by atoms with van der Waals surface area (Å²) >= 11 is 0. The third kappa shape index (κ3) is 6.57. The van der Waals surface area contributed by atoms with E-state index in [1.54, 1.807) is 30.0 Å². The summed E-state index contributed by atoms with van der Waals surface area (Å²) in [6.07, 6.45) is 0.598. The number of amides is 2. The number of benzene rings is 2. The van der Waals surface area contributed by atoms with Crippen LogP contribution in [0, 0.1) is 5.82 Å². The number of ketones is 1. The van der Waals surface area contributed by atoms with Crippen molar-refractivity contribution in [2.24, 2.45) is 0 Å². The number of likely N-dealkylation sites (N-methyl/N-ethyl adjacent to an activating group) is 1. The molecule has 2 atom stereocenters. The Kier molecular flexibility index (Phi) is 9.54. The van der Waals surface area contributed by atoms with E-state index in [4.69, 9.17) is 9.47 Å². The van der Waals surface area contributed by atoms with Crippen LogP contribution >= 0.6 is 0 Å². The summed E-state index contributed by atoms with van der Waals surface area (Å²) < 4.78 is 25.5. The van der Waals surface area contributed by atoms with Gasteiger partial charge in [0.25, 0.3) is 17.6 Å². The summed E-state index contributed by atoms with van der Waals surface area (Å²) in [7, 11) is 3.39. The number of hydrogen-bond acceptors (Lipinski definition) is 8. The molecule has 0 aliphatic carbocycles. The van der Waals surface area contributed by atoms with Crippen LogP contribution in [0.2, 0.25) is 0 Å². The predicted octanol–water partition coefficient (Wildman–Crippen LogP) is 3.49. The van der Waals surface area contributed by atoms with E-state index in [1.165, 1.54) is 41.0 Å². The Bertz CT molecular complexity index is 1600. The molecule has 0 N–H and O–H groups in total. The van der Waals surface area contributed by atoms with Crippen molar-refractivity contribution in [2.45, 2.75) is 39.4 Å². The van der Waals surface area contributed by atoms with E-state index in [0.717, 1.165) is 5.56 Å². The van der Waals surface area contributed by atoms with Crippen LogP contribution in [0.4, 0.5) is 9.18 Å². The molecule has 0 radical (unpaired) electrons. The second-order valence-corrected chi connectivity index (χ2v) is 11.8. The molecule has 3 heterocycles. The van der Waals surface area contributed by atoms with Crippen LogP contribution in [0.5, 0.6) is 5.75 Å². The van der Waals surface area contributed by atoms with Crippen molar-refractivity contribution in [3.63, 3.8) is 0 Å². The summed E-state index contributed by atoms with van der Waals surface area (Å²) in [5, 5.41) is 0.287. The van der Waals surface area contributed by atoms with E-state index in [1.807, 2.05) is 20.9 Å². The standard InChI is InChI=1S/C33H40FN5O6/c1-6-45-33(43)39-20-27(30(40)32(42)36-13-11-35(4)12-14-36)25-15-26(29(44-5)16-28(25)39)31(41)38-18-21(2)37(17-22(38)3)19-23-7-9-24(34)10-8-23/h7-10,15-16,20-22H,6,11-14,17-19H2,1-5H3/t21-,22+/m0/s1. The molecule has 3 aromatic rings. The topological polar surface area (TPSA) is 105 Å². The molecule has 0 saturated carbocycles. The number of methoxy groups -OCH3 is 1. The highest BCUT2D eigenvalue weighted by Gasteiger charge is 2.35. The lowest BCUT2D eigenvalue weighted by Gasteiger charge is -2.44. The number of piperazine rings is 2. The van der Waals surface area contributed by atoms with Crippen molar-refractivity contribution >= 4 is 34.6 Å². The van der Waals surface area contributed by atoms with E-state index >= 15 is 0 Å². The molecule has 2 fully saturated rings. The first-order valence-corrected chi connectivity index (χ1v) is 15.2. The first-order chi connectivity index (χ1) is 21.5. The van der Waals surface area contributed by atoms with Gasteiger partial charge in [-0.3, -0.25) is 23.9 Å². The van der Waals surface area contributed by atoms with Crippen LogP contribution in [-0.4, -0.2) is 120 Å². The molecule has 0 spiro atoms. The van der Waals surface area contributed by atoms with Gasteiger partial charge in [-0.15, -0.1) is 0 Å². The molecule has 2 aromatic carbocycles. The minimum atomic E-state index is -0.757. The molecule has 12 heteroatoms. The Morgan fingerprint density at radius 2 is 1.62 bits per heavy atom. The highest BCUT2D eigenvalue weighted by molar-refractivity contribution is 6.45. The van der Waals surface area contributed by atoms with Crippen LogP contribution in [0.25, 0.3) is 10.9 Å². The highest BCUT2D eigenvalue weighted by atomic mass is 19.1. The van der Waals surface area contributed by atoms with Gasteiger partial charge in [-0.25, -0.2) is 9.18 Å². The highest BCUT2D eigenvalue weighted by Crippen LogP contribution is 2.33. The summed E-state index contributed by atoms with van der Waals surface area (Å²) in [5.74, 6) is -1.76. The van der Waals surface area contributed by atoms with Crippen molar-refractivity contribution in [1.82, 2.24) is 24.2 Å². The fraction of sp³-hybridized carbons (Fsp3) is 0.455. The molecule has 0 bridgehead atoms. The third-order valence-corrected chi connectivity index (χ3v) is 8.72. The quantitative estimate of drug-likeness (QED) is 0.292. The van der Waals surface area contributed by atoms with Crippen molar-refractivity contribution in [3.8, 4) is 5.75 Å². The van der Waals surface area contributed by atoms with Gasteiger partial charge in [-0.1, -0.05) is 12.1 Å². The van der Waals surface area contributed by atoms with Gasteiger partial charge in [0.1, 0.15) is 11.6 Å². The smallest absolute Gasteiger partial charge is 0.418 e. The molecule has 2 aliphatic heterocycles. The average Bonchev–Trinajstić information content (AvgIpc) is 3.41. The molecule has 2 saturated heterocycles. The molecule has 240 valence electrons. The van der Waals surface area contributed by atoms with E-state index in [2.05, 4.69) is 9.80 Å². The zero-order valence-electron chi connectivity index (χ0n) is 26.4. The predicted molar refractivity (Wildman–Crippen MR) is 166 cm³/mol. The second-order valence-electron chi connectivity index (χ2n) is 11.8. The van der Waals surface area contributed by atoms with Gasteiger partial charge in [0.2, 0.25) is 0 Å². The number of fused-ring (bicyclic) bond motifs is 1. The zero-order chi connectivity index (χ0) is 32.4. The van der Waals surface area contributed by atoms with Gasteiger partial charge in [-0.2, -0.15) is 0 Å². The maximum absolute atomic E-state index is 14.1. The first kappa shape index (κ1) is 32.1. The van der Waals surface area contributed by atoms with Crippen LogP contribution in [0.3, 0.4) is 0 Å². The molecule has 0 unspecified atom stereocenters. The van der Waals surface area contributed by atoms with Crippen LogP contribution in [-0.2, 0) is 16.1 Å². The van der Waals surface area contributed by atoms with E-state index < -0.39 is 17.8 Å². The third-order valence-electron chi connectivity index (χ3n) is 8.72. The number of carbonyl (C=O) groups excluding carboxylic acids is 4. The van der Waals surface area contributed by atoms with Crippen LogP contribution < -0.4 is 4.74 Å². The fourth-order valence-electron chi connectivity index (χ4n) is 6.06. The minimum absolute atomic E-state index is 0.00757. The Balaban J connectivity index is 1.47. The number of aromatic nitrogens is 1. The molecular formula is C33H40FN5O6. The van der Waals surface area contributed by atoms with Gasteiger partial charge >= 0.3 is 6.09 Å². The van der Waals surface area contributed by atoms with E-state index in [0.29, 0.717) is 51.3 Å². The summed E-state index contributed by atoms with van der Waals surface area (Å²) in [4.78, 5) is 61.6. The van der Waals surface area contributed by atoms with Gasteiger partial charge in [0.15, 0.2) is 0 Å². The van der Waals surface area contributed by atoms with Gasteiger partial charge in [0, 0.05) is 75.5 Å². The number of Topliss-reactive ketones (excluding diaryl/α,β-unsaturated/α-hetero) is 1. The van der Waals surface area contributed by atoms with E-state index in [9.17, 15) is 23.6 Å². The lowest BCUT2D eigenvalue weighted by Crippen LogP contribution is -2.57. The SMILES string of the molecule is CCOC(=O)n1cc(C(=O)C(=O)N2CCN(C)CC2)c2cc(C(=O)N3C[C@H](C)N(Cc4ccc(F)cc4)C[C@H]3C)c(OC)cc21. The lowest BCUT2D eigenvalue weighted by atomic mass is 10.0. The zero-order valence-corrected chi connectivity index (χ0v) is 26.4. The van der Waals surface area contributed by atoms with Crippen LogP contribution in [0.1, 0.15) is 47.1 Å². The Morgan fingerprint density at radius 3 is 2.27 bits per heavy atom. The lowest BCUT2D eigenvalue weighted by molar-refractivity contribution is -0.127. The number of hydrogen-bond donors (Lipinski definition) is 0. The normalized spacial score (nSPS) is 19.5. The monoisotopic (exact) mass is 621 g/mol. The Labute approximate surface area is 262 Å². The summed E-state index contributed by atoms with van der Waals surface area (Å²) in [6.45, 7) is 9.56. The molecular weight excluding hydrogens is 581 g/mol. The number of halogens is 1. The number of carbonyl (C=O) groups is 4. The van der Waals surface area contributed by atoms with Crippen LogP contribution in [0.15, 0.2) is 42.6 Å². The number of rotatable bonds is 7. The Hall–Kier alpha value is -4.29. The van der Waals surface area contributed by atoms with Gasteiger partial charge < -0.3 is 24.2 Å². The molecule has 45 heavy (non-hydrogen) atoms. The van der Waals surface area contributed by atoms with Crippen molar-refractivity contribution < 1.29 is 33.0 Å². The molecule has 2 amide bonds. The van der Waals surface area contributed by atoms with Gasteiger partial charge in [-0.05, 0) is 51.6 Å². The summed E-state index contributed by atoms with van der Waals surface area (Å²) in [6, 6.07) is 9.33. The fourth-order valence-corrected chi connectivity index (χ4v) is 6.06. The number of nitrogens with zero attached hydrogens (tertiary/aromatic N) is 5. The second kappa shape index (κ2) is 13.4. The van der Waals surface area contributed by atoms with Gasteiger partial charge in [0.05, 0.1) is 30.4 Å². The minimum Gasteiger partial charge on any atom is -0.496 e. The average molecular weight is 622 g/mol. The van der Waals surface area contributed by atoms with Crippen molar-refractivity contribution in [3.05, 3.63) is 65.1 Å². The Morgan fingerprint density at radius 1 is 0.933 bits per heavy atom. The van der Waals surface area contributed by atoms with Crippen molar-refractivity contribution in [1.29, 1.82) is 0 Å².